The van der Waals surface area contributed by atoms with Crippen molar-refractivity contribution < 1.29 is 14.3 Å². The van der Waals surface area contributed by atoms with Crippen LogP contribution in [0.3, 0.4) is 0 Å². The molecule has 0 fully saturated rings. The van der Waals surface area contributed by atoms with Crippen molar-refractivity contribution in [2.75, 3.05) is 6.61 Å². The third-order valence-electron chi connectivity index (χ3n) is 3.49. The third kappa shape index (κ3) is 2.35. The van der Waals surface area contributed by atoms with Gasteiger partial charge in [0.1, 0.15) is 5.75 Å². The van der Waals surface area contributed by atoms with Crippen LogP contribution in [-0.2, 0) is 0 Å². The van der Waals surface area contributed by atoms with E-state index in [9.17, 15) is 9.59 Å². The van der Waals surface area contributed by atoms with E-state index < -0.39 is 5.92 Å². The van der Waals surface area contributed by atoms with Crippen LogP contribution in [-0.4, -0.2) is 18.2 Å². The fraction of sp³-hybridized carbons (Fsp3) is 0.176. The number of rotatable bonds is 3. The Kier molecular flexibility index (Phi) is 3.33. The van der Waals surface area contributed by atoms with Gasteiger partial charge in [-0.3, -0.25) is 9.59 Å². The van der Waals surface area contributed by atoms with Crippen LogP contribution in [0.4, 0.5) is 0 Å². The first-order valence-electron chi connectivity index (χ1n) is 6.60. The monoisotopic (exact) mass is 266 g/mol. The third-order valence-corrected chi connectivity index (χ3v) is 3.49. The Bertz CT molecular complexity index is 646. The van der Waals surface area contributed by atoms with Crippen LogP contribution in [0.1, 0.15) is 27.1 Å². The zero-order valence-electron chi connectivity index (χ0n) is 10.9. The molecule has 0 radical (unpaired) electrons. The van der Waals surface area contributed by atoms with Gasteiger partial charge in [-0.05, 0) is 12.1 Å². The summed E-state index contributed by atoms with van der Waals surface area (Å²) in [5.74, 6) is 0.196. The summed E-state index contributed by atoms with van der Waals surface area (Å²) in [6.45, 7) is 0.272. The maximum Gasteiger partial charge on any atom is 0.173 e. The van der Waals surface area contributed by atoms with E-state index in [1.165, 1.54) is 0 Å². The molecule has 0 amide bonds. The van der Waals surface area contributed by atoms with Gasteiger partial charge in [-0.1, -0.05) is 42.5 Å². The summed E-state index contributed by atoms with van der Waals surface area (Å²) in [6.07, 6.45) is 0.192. The molecule has 3 rings (SSSR count). The number of carbonyl (C=O) groups is 2. The standard InChI is InChI=1S/C17H14O3/c18-15(12-6-2-1-3-7-12)10-13-11-20-16-9-5-4-8-14(16)17(13)19/h1-9,13H,10-11H2. The summed E-state index contributed by atoms with van der Waals surface area (Å²) < 4.78 is 5.57. The predicted molar refractivity (Wildman–Crippen MR) is 75.1 cm³/mol. The van der Waals surface area contributed by atoms with E-state index in [0.717, 1.165) is 0 Å². The number of ketones is 2. The first-order valence-corrected chi connectivity index (χ1v) is 6.60. The lowest BCUT2D eigenvalue weighted by atomic mass is 9.89. The van der Waals surface area contributed by atoms with Crippen molar-refractivity contribution in [1.82, 2.24) is 0 Å². The summed E-state index contributed by atoms with van der Waals surface area (Å²) >= 11 is 0. The summed E-state index contributed by atoms with van der Waals surface area (Å²) in [4.78, 5) is 24.5. The molecule has 2 aromatic rings. The second-order valence-corrected chi connectivity index (χ2v) is 4.86. The molecule has 0 saturated heterocycles. The molecule has 1 atom stereocenters. The van der Waals surface area contributed by atoms with Gasteiger partial charge in [0.15, 0.2) is 11.6 Å². The van der Waals surface area contributed by atoms with Crippen LogP contribution < -0.4 is 4.74 Å². The number of fused-ring (bicyclic) bond motifs is 1. The van der Waals surface area contributed by atoms with Crippen molar-refractivity contribution in [3.05, 3.63) is 65.7 Å². The molecule has 1 unspecified atom stereocenters. The number of hydrogen-bond donors (Lipinski definition) is 0. The van der Waals surface area contributed by atoms with Crippen LogP contribution in [0.25, 0.3) is 0 Å². The predicted octanol–water partition coefficient (Wildman–Crippen LogP) is 3.15. The zero-order valence-corrected chi connectivity index (χ0v) is 10.9. The Labute approximate surface area is 117 Å². The average Bonchev–Trinajstić information content (AvgIpc) is 2.51. The van der Waals surface area contributed by atoms with Crippen molar-refractivity contribution in [3.8, 4) is 5.75 Å². The van der Waals surface area contributed by atoms with E-state index >= 15 is 0 Å². The van der Waals surface area contributed by atoms with Gasteiger partial charge in [0, 0.05) is 12.0 Å². The van der Waals surface area contributed by atoms with Gasteiger partial charge >= 0.3 is 0 Å². The van der Waals surface area contributed by atoms with Crippen LogP contribution in [0.15, 0.2) is 54.6 Å². The lowest BCUT2D eigenvalue weighted by Gasteiger charge is -2.23. The molecule has 1 aliphatic rings. The molecule has 20 heavy (non-hydrogen) atoms. The smallest absolute Gasteiger partial charge is 0.173 e. The minimum atomic E-state index is -0.391. The Morgan fingerprint density at radius 3 is 2.55 bits per heavy atom. The number of benzene rings is 2. The molecule has 1 heterocycles. The summed E-state index contributed by atoms with van der Waals surface area (Å²) in [7, 11) is 0. The number of hydrogen-bond acceptors (Lipinski definition) is 3. The van der Waals surface area contributed by atoms with Crippen LogP contribution in [0.5, 0.6) is 5.75 Å². The second kappa shape index (κ2) is 5.29. The van der Waals surface area contributed by atoms with Gasteiger partial charge in [-0.15, -0.1) is 0 Å². The summed E-state index contributed by atoms with van der Waals surface area (Å²) in [5.41, 5.74) is 1.21. The quantitative estimate of drug-likeness (QED) is 0.801. The number of ether oxygens (including phenoxy) is 1. The maximum absolute atomic E-state index is 12.4. The Hall–Kier alpha value is -2.42. The van der Waals surface area contributed by atoms with Gasteiger partial charge < -0.3 is 4.74 Å². The van der Waals surface area contributed by atoms with E-state index in [1.807, 2.05) is 30.3 Å². The molecule has 0 spiro atoms. The highest BCUT2D eigenvalue weighted by Gasteiger charge is 2.30. The fourth-order valence-electron chi connectivity index (χ4n) is 2.40. The number of para-hydroxylation sites is 1. The highest BCUT2D eigenvalue weighted by Crippen LogP contribution is 2.28. The van der Waals surface area contributed by atoms with Gasteiger partial charge in [0.25, 0.3) is 0 Å². The SMILES string of the molecule is O=C(CC1COc2ccccc2C1=O)c1ccccc1. The molecule has 0 saturated carbocycles. The highest BCUT2D eigenvalue weighted by atomic mass is 16.5. The minimum absolute atomic E-state index is 0.00358. The van der Waals surface area contributed by atoms with Crippen molar-refractivity contribution in [1.29, 1.82) is 0 Å². The average molecular weight is 266 g/mol. The lowest BCUT2D eigenvalue weighted by molar-refractivity contribution is 0.0768. The zero-order chi connectivity index (χ0) is 13.9. The van der Waals surface area contributed by atoms with Gasteiger partial charge in [-0.25, -0.2) is 0 Å². The Balaban J connectivity index is 1.77. The molecule has 0 bridgehead atoms. The Morgan fingerprint density at radius 1 is 1.05 bits per heavy atom. The van der Waals surface area contributed by atoms with E-state index in [0.29, 0.717) is 16.9 Å². The molecule has 0 N–H and O–H groups in total. The number of carbonyl (C=O) groups excluding carboxylic acids is 2. The molecule has 100 valence electrons. The highest BCUT2D eigenvalue weighted by molar-refractivity contribution is 6.05. The first kappa shape index (κ1) is 12.6. The molecule has 3 heteroatoms. The van der Waals surface area contributed by atoms with E-state index in [-0.39, 0.29) is 24.6 Å². The van der Waals surface area contributed by atoms with Crippen molar-refractivity contribution in [2.45, 2.75) is 6.42 Å². The van der Waals surface area contributed by atoms with E-state index in [4.69, 9.17) is 4.74 Å². The van der Waals surface area contributed by atoms with Crippen molar-refractivity contribution in [2.24, 2.45) is 5.92 Å². The second-order valence-electron chi connectivity index (χ2n) is 4.86. The normalized spacial score (nSPS) is 17.2. The molecule has 0 aromatic heterocycles. The fourth-order valence-corrected chi connectivity index (χ4v) is 2.40. The Morgan fingerprint density at radius 2 is 1.75 bits per heavy atom. The van der Waals surface area contributed by atoms with Crippen molar-refractivity contribution in [3.63, 3.8) is 0 Å². The molecular formula is C17H14O3. The molecule has 3 nitrogen and oxygen atoms in total. The van der Waals surface area contributed by atoms with E-state index in [1.54, 1.807) is 24.3 Å². The molecular weight excluding hydrogens is 252 g/mol. The van der Waals surface area contributed by atoms with Crippen LogP contribution in [0.2, 0.25) is 0 Å². The molecule has 1 aliphatic heterocycles. The van der Waals surface area contributed by atoms with Gasteiger partial charge in [-0.2, -0.15) is 0 Å². The minimum Gasteiger partial charge on any atom is -0.492 e. The first-order chi connectivity index (χ1) is 9.75. The van der Waals surface area contributed by atoms with Crippen LogP contribution in [0, 0.1) is 5.92 Å². The summed E-state index contributed by atoms with van der Waals surface area (Å²) in [6, 6.07) is 16.2. The van der Waals surface area contributed by atoms with Crippen LogP contribution >= 0.6 is 0 Å². The molecule has 2 aromatic carbocycles. The maximum atomic E-state index is 12.4. The topological polar surface area (TPSA) is 43.4 Å². The summed E-state index contributed by atoms with van der Waals surface area (Å²) in [5, 5.41) is 0. The number of Topliss-reactive ketones (excluding diaryl/α,β-unsaturated/α-hetero) is 2. The van der Waals surface area contributed by atoms with Crippen molar-refractivity contribution >= 4 is 11.6 Å². The van der Waals surface area contributed by atoms with E-state index in [2.05, 4.69) is 0 Å². The van der Waals surface area contributed by atoms with Gasteiger partial charge in [0.2, 0.25) is 0 Å². The largest absolute Gasteiger partial charge is 0.492 e. The van der Waals surface area contributed by atoms with Gasteiger partial charge in [0.05, 0.1) is 18.1 Å². The lowest BCUT2D eigenvalue weighted by Crippen LogP contribution is -2.29. The molecule has 0 aliphatic carbocycles.